The van der Waals surface area contributed by atoms with Gasteiger partial charge in [-0.05, 0) is 68.4 Å². The summed E-state index contributed by atoms with van der Waals surface area (Å²) in [5, 5.41) is 0. The summed E-state index contributed by atoms with van der Waals surface area (Å²) in [6, 6.07) is 15.7. The van der Waals surface area contributed by atoms with E-state index in [0.29, 0.717) is 22.7 Å². The lowest BCUT2D eigenvalue weighted by atomic mass is 10.1. The van der Waals surface area contributed by atoms with Gasteiger partial charge in [0.15, 0.2) is 5.78 Å². The van der Waals surface area contributed by atoms with E-state index in [1.807, 2.05) is 0 Å². The second-order valence-corrected chi connectivity index (χ2v) is 9.71. The number of carbonyl (C=O) groups is 1. The van der Waals surface area contributed by atoms with Gasteiger partial charge in [0.25, 0.3) is 0 Å². The fourth-order valence-electron chi connectivity index (χ4n) is 3.87. The van der Waals surface area contributed by atoms with Crippen LogP contribution in [0.1, 0.15) is 27.5 Å². The molecule has 0 N–H and O–H groups in total. The lowest BCUT2D eigenvalue weighted by molar-refractivity contribution is 0.0962. The maximum Gasteiger partial charge on any atom is 0.246 e. The van der Waals surface area contributed by atoms with E-state index in [2.05, 4.69) is 0 Å². The van der Waals surface area contributed by atoms with Gasteiger partial charge >= 0.3 is 0 Å². The summed E-state index contributed by atoms with van der Waals surface area (Å²) in [7, 11) is -4.35. The molecule has 0 aliphatic rings. The number of aromatic nitrogens is 1. The van der Waals surface area contributed by atoms with E-state index in [-0.39, 0.29) is 12.4 Å². The van der Waals surface area contributed by atoms with Crippen molar-refractivity contribution < 1.29 is 26.4 Å². The number of Topliss-reactive ketones (excluding diaryl/α,β-unsaturated/α-hetero) is 1. The van der Waals surface area contributed by atoms with E-state index >= 15 is 0 Å². The second kappa shape index (κ2) is 9.36. The van der Waals surface area contributed by atoms with Crippen molar-refractivity contribution in [3.05, 3.63) is 107 Å². The van der Waals surface area contributed by atoms with E-state index in [1.54, 1.807) is 48.7 Å². The van der Waals surface area contributed by atoms with Gasteiger partial charge in [-0.3, -0.25) is 4.79 Å². The molecule has 0 aliphatic carbocycles. The molecule has 4 aromatic rings. The van der Waals surface area contributed by atoms with Crippen molar-refractivity contribution in [2.24, 2.45) is 0 Å². The number of hydrogen-bond donors (Lipinski definition) is 0. The van der Waals surface area contributed by atoms with E-state index < -0.39 is 33.1 Å². The largest absolute Gasteiger partial charge is 0.468 e. The van der Waals surface area contributed by atoms with Gasteiger partial charge < -0.3 is 8.98 Å². The number of furan rings is 1. The van der Waals surface area contributed by atoms with Gasteiger partial charge in [-0.25, -0.2) is 17.2 Å². The predicted octanol–water partition coefficient (Wildman–Crippen LogP) is 5.04. The average Bonchev–Trinajstić information content (AvgIpc) is 3.41. The Balaban J connectivity index is 1.70. The van der Waals surface area contributed by atoms with Crippen LogP contribution in [-0.2, 0) is 16.6 Å². The van der Waals surface area contributed by atoms with Crippen LogP contribution in [0.2, 0.25) is 0 Å². The number of benzene rings is 2. The van der Waals surface area contributed by atoms with Crippen molar-refractivity contribution in [3.63, 3.8) is 0 Å². The Bertz CT molecular complexity index is 1430. The highest BCUT2D eigenvalue weighted by atomic mass is 32.2. The molecular formula is C25H22F2N2O4S. The molecule has 2 heterocycles. The molecule has 0 saturated heterocycles. The van der Waals surface area contributed by atoms with Crippen molar-refractivity contribution >= 4 is 15.8 Å². The minimum Gasteiger partial charge on any atom is -0.468 e. The molecule has 34 heavy (non-hydrogen) atoms. The summed E-state index contributed by atoms with van der Waals surface area (Å²) in [6.07, 6.45) is 1.39. The number of nitrogens with zero attached hydrogens (tertiary/aromatic N) is 2. The monoisotopic (exact) mass is 484 g/mol. The molecule has 4 rings (SSSR count). The molecule has 0 unspecified atom stereocenters. The van der Waals surface area contributed by atoms with Crippen LogP contribution >= 0.6 is 0 Å². The average molecular weight is 485 g/mol. The van der Waals surface area contributed by atoms with Gasteiger partial charge in [0.2, 0.25) is 10.0 Å². The van der Waals surface area contributed by atoms with Gasteiger partial charge in [0.1, 0.15) is 22.3 Å². The molecule has 0 atom stereocenters. The van der Waals surface area contributed by atoms with Crippen molar-refractivity contribution in [3.8, 4) is 5.69 Å². The molecule has 0 bridgehead atoms. The Kier molecular flexibility index (Phi) is 6.49. The third-order valence-corrected chi connectivity index (χ3v) is 7.33. The number of aryl methyl sites for hydroxylation is 1. The Hall–Kier alpha value is -3.56. The first-order valence-corrected chi connectivity index (χ1v) is 11.9. The summed E-state index contributed by atoms with van der Waals surface area (Å²) < 4.78 is 62.3. The Morgan fingerprint density at radius 2 is 1.71 bits per heavy atom. The molecular weight excluding hydrogens is 462 g/mol. The summed E-state index contributed by atoms with van der Waals surface area (Å²) in [5.41, 5.74) is 2.29. The minimum absolute atomic E-state index is 0.244. The van der Waals surface area contributed by atoms with Crippen molar-refractivity contribution in [2.45, 2.75) is 25.3 Å². The Morgan fingerprint density at radius 3 is 2.35 bits per heavy atom. The molecule has 0 spiro atoms. The highest BCUT2D eigenvalue weighted by Gasteiger charge is 2.31. The molecule has 9 heteroatoms. The third-order valence-electron chi connectivity index (χ3n) is 5.50. The van der Waals surface area contributed by atoms with Crippen LogP contribution < -0.4 is 0 Å². The lowest BCUT2D eigenvalue weighted by Crippen LogP contribution is -2.35. The highest BCUT2D eigenvalue weighted by Crippen LogP contribution is 2.25. The molecule has 0 aliphatic heterocycles. The van der Waals surface area contributed by atoms with E-state index in [1.165, 1.54) is 30.5 Å². The Morgan fingerprint density at radius 1 is 1.00 bits per heavy atom. The number of rotatable bonds is 8. The van der Waals surface area contributed by atoms with Gasteiger partial charge in [-0.15, -0.1) is 0 Å². The van der Waals surface area contributed by atoms with Crippen LogP contribution in [0.5, 0.6) is 0 Å². The quantitative estimate of drug-likeness (QED) is 0.329. The fraction of sp³-hybridized carbons (Fsp3) is 0.160. The predicted molar refractivity (Wildman–Crippen MR) is 122 cm³/mol. The zero-order valence-electron chi connectivity index (χ0n) is 18.5. The molecule has 0 radical (unpaired) electrons. The summed E-state index contributed by atoms with van der Waals surface area (Å²) in [6.45, 7) is 2.76. The van der Waals surface area contributed by atoms with Crippen LogP contribution in [0.25, 0.3) is 5.69 Å². The number of sulfonamides is 1. The van der Waals surface area contributed by atoms with Crippen LogP contribution in [0.4, 0.5) is 8.78 Å². The first-order valence-electron chi connectivity index (χ1n) is 10.4. The molecule has 6 nitrogen and oxygen atoms in total. The number of halogens is 2. The first-order chi connectivity index (χ1) is 16.2. The van der Waals surface area contributed by atoms with Crippen LogP contribution in [-0.4, -0.2) is 29.6 Å². The van der Waals surface area contributed by atoms with Gasteiger partial charge in [-0.2, -0.15) is 4.31 Å². The van der Waals surface area contributed by atoms with Crippen LogP contribution in [0.15, 0.2) is 82.3 Å². The van der Waals surface area contributed by atoms with E-state index in [9.17, 15) is 22.0 Å². The normalized spacial score (nSPS) is 11.8. The lowest BCUT2D eigenvalue weighted by Gasteiger charge is -2.21. The summed E-state index contributed by atoms with van der Waals surface area (Å²) in [5.74, 6) is -1.44. The van der Waals surface area contributed by atoms with Crippen LogP contribution in [0, 0.1) is 25.5 Å². The first kappa shape index (κ1) is 23.6. The molecule has 2 aromatic carbocycles. The topological polar surface area (TPSA) is 72.5 Å². The van der Waals surface area contributed by atoms with Crippen LogP contribution in [0.3, 0.4) is 0 Å². The number of ketones is 1. The molecule has 0 amide bonds. The fourth-order valence-corrected chi connectivity index (χ4v) is 5.30. The second-order valence-electron chi connectivity index (χ2n) is 7.80. The maximum atomic E-state index is 14.4. The molecule has 0 saturated carbocycles. The number of carbonyl (C=O) groups excluding carboxylic acids is 1. The van der Waals surface area contributed by atoms with E-state index in [0.717, 1.165) is 22.1 Å². The summed E-state index contributed by atoms with van der Waals surface area (Å²) >= 11 is 0. The smallest absolute Gasteiger partial charge is 0.246 e. The van der Waals surface area contributed by atoms with Crippen molar-refractivity contribution in [1.82, 2.24) is 8.87 Å². The highest BCUT2D eigenvalue weighted by molar-refractivity contribution is 7.89. The third kappa shape index (κ3) is 4.57. The van der Waals surface area contributed by atoms with Gasteiger partial charge in [-0.1, -0.05) is 12.1 Å². The minimum atomic E-state index is -4.35. The van der Waals surface area contributed by atoms with E-state index in [4.69, 9.17) is 4.42 Å². The van der Waals surface area contributed by atoms with Gasteiger partial charge in [0.05, 0.1) is 19.4 Å². The Labute approximate surface area is 196 Å². The molecule has 176 valence electrons. The number of hydrogen-bond acceptors (Lipinski definition) is 4. The zero-order chi connectivity index (χ0) is 24.5. The zero-order valence-corrected chi connectivity index (χ0v) is 19.4. The van der Waals surface area contributed by atoms with Crippen molar-refractivity contribution in [1.29, 1.82) is 0 Å². The van der Waals surface area contributed by atoms with Crippen molar-refractivity contribution in [2.75, 3.05) is 6.54 Å². The summed E-state index contributed by atoms with van der Waals surface area (Å²) in [4.78, 5) is 12.8. The molecule has 0 fully saturated rings. The SMILES string of the molecule is Cc1cc(C(=O)CN(Cc2ccco2)S(=O)(=O)c2ccccc2F)c(C)n1-c1ccc(F)cc1. The maximum absolute atomic E-state index is 14.4. The standard InChI is InChI=1S/C25H22F2N2O4S/c1-17-14-22(18(2)29(17)20-11-9-19(26)10-12-20)24(30)16-28(15-21-6-5-13-33-21)34(31,32)25-8-4-3-7-23(25)27/h3-14H,15-16H2,1-2H3. The van der Waals surface area contributed by atoms with Gasteiger partial charge in [0, 0.05) is 22.6 Å². The molecule has 2 aromatic heterocycles.